The molecule has 0 atom stereocenters. The lowest BCUT2D eigenvalue weighted by molar-refractivity contribution is -0.472. The molecule has 0 aliphatic carbocycles. The summed E-state index contributed by atoms with van der Waals surface area (Å²) in [6.07, 6.45) is 0. The minimum atomic E-state index is 0. The van der Waals surface area contributed by atoms with E-state index in [1.165, 1.54) is 0 Å². The molecule has 5 heteroatoms. The van der Waals surface area contributed by atoms with Gasteiger partial charge in [0.1, 0.15) is 0 Å². The van der Waals surface area contributed by atoms with E-state index in [4.69, 9.17) is 5.21 Å². The van der Waals surface area contributed by atoms with Crippen LogP contribution in [0.25, 0.3) is 10.8 Å². The zero-order valence-corrected chi connectivity index (χ0v) is 8.29. The largest absolute Gasteiger partial charge is 0.592 e. The summed E-state index contributed by atoms with van der Waals surface area (Å²) in [6.45, 7) is 0. The van der Waals surface area contributed by atoms with Gasteiger partial charge in [0, 0.05) is 6.07 Å². The maximum Gasteiger partial charge on any atom is 0.256 e. The van der Waals surface area contributed by atoms with E-state index in [0.29, 0.717) is 5.69 Å². The lowest BCUT2D eigenvalue weighted by Gasteiger charge is -2.01. The fourth-order valence-corrected chi connectivity index (χ4v) is 1.42. The zero-order chi connectivity index (χ0) is 9.97. The molecule has 2 aromatic carbocycles. The Hall–Kier alpha value is -2.14. The third-order valence-electron chi connectivity index (χ3n) is 2.05. The molecular weight excluding hydrogens is 194 g/mol. The number of hydrogen-bond donors (Lipinski definition) is 2. The topological polar surface area (TPSA) is 95.2 Å². The van der Waals surface area contributed by atoms with E-state index in [1.807, 2.05) is 24.3 Å². The summed E-state index contributed by atoms with van der Waals surface area (Å²) in [5.74, 6) is 0. The van der Waals surface area contributed by atoms with Crippen molar-refractivity contribution in [3.63, 3.8) is 0 Å². The second-order valence-electron chi connectivity index (χ2n) is 2.86. The summed E-state index contributed by atoms with van der Waals surface area (Å²) in [6, 6.07) is 12.7. The normalized spacial score (nSPS) is 11.1. The van der Waals surface area contributed by atoms with Crippen LogP contribution in [-0.2, 0) is 0 Å². The maximum absolute atomic E-state index is 11.1. The Morgan fingerprint density at radius 2 is 1.73 bits per heavy atom. The molecule has 5 N–H and O–H groups in total. The average molecular weight is 206 g/mol. The van der Waals surface area contributed by atoms with Crippen LogP contribution in [0.5, 0.6) is 0 Å². The van der Waals surface area contributed by atoms with Gasteiger partial charge in [-0.25, -0.2) is 0 Å². The van der Waals surface area contributed by atoms with E-state index in [1.54, 1.807) is 18.2 Å². The molecule has 0 aromatic heterocycles. The molecule has 15 heavy (non-hydrogen) atoms. The van der Waals surface area contributed by atoms with E-state index in [2.05, 4.69) is 5.28 Å². The number of rotatable bonds is 1. The highest BCUT2D eigenvalue weighted by Gasteiger charge is 2.08. The molecule has 5 nitrogen and oxygen atoms in total. The van der Waals surface area contributed by atoms with Gasteiger partial charge in [-0.1, -0.05) is 30.3 Å². The van der Waals surface area contributed by atoms with E-state index >= 15 is 0 Å². The monoisotopic (exact) mass is 206 g/mol. The van der Waals surface area contributed by atoms with Gasteiger partial charge in [0.15, 0.2) is 0 Å². The molecule has 0 heterocycles. The second-order valence-corrected chi connectivity index (χ2v) is 2.86. The van der Waals surface area contributed by atoms with Crippen molar-refractivity contribution in [1.29, 1.82) is 0 Å². The highest BCUT2D eigenvalue weighted by atomic mass is 16.6. The van der Waals surface area contributed by atoms with Gasteiger partial charge in [0.2, 0.25) is 5.28 Å². The second kappa shape index (κ2) is 4.39. The minimum absolute atomic E-state index is 0. The number of benzene rings is 2. The number of nitrogens with zero attached hydrogens (tertiary/aromatic N) is 2. The molecule has 0 saturated carbocycles. The lowest BCUT2D eigenvalue weighted by Crippen LogP contribution is -1.91. The van der Waals surface area contributed by atoms with Gasteiger partial charge < -0.3 is 16.6 Å². The van der Waals surface area contributed by atoms with Gasteiger partial charge in [-0.2, -0.15) is 0 Å². The summed E-state index contributed by atoms with van der Waals surface area (Å²) in [7, 11) is 0. The number of fused-ring (bicyclic) bond motifs is 1. The predicted molar refractivity (Wildman–Crippen MR) is 57.4 cm³/mol. The van der Waals surface area contributed by atoms with E-state index in [0.717, 1.165) is 10.8 Å². The molecule has 78 valence electrons. The van der Waals surface area contributed by atoms with Crippen molar-refractivity contribution in [3.05, 3.63) is 47.7 Å². The molecule has 0 radical (unpaired) electrons. The Balaban J connectivity index is 0.00000112. The Bertz CT molecular complexity index is 491. The van der Waals surface area contributed by atoms with Crippen molar-refractivity contribution in [2.75, 3.05) is 0 Å². The molecule has 0 bridgehead atoms. The van der Waals surface area contributed by atoms with Crippen molar-refractivity contribution < 1.29 is 10.1 Å². The van der Waals surface area contributed by atoms with E-state index < -0.39 is 0 Å². The van der Waals surface area contributed by atoms with Crippen molar-refractivity contribution in [2.24, 2.45) is 5.28 Å². The van der Waals surface area contributed by atoms with Crippen LogP contribution in [0.4, 0.5) is 5.69 Å². The molecule has 0 saturated heterocycles. The van der Waals surface area contributed by atoms with Crippen LogP contribution in [0.3, 0.4) is 0 Å². The number of quaternary nitrogens is 1. The summed E-state index contributed by atoms with van der Waals surface area (Å²) in [5, 5.41) is 23.8. The van der Waals surface area contributed by atoms with Gasteiger partial charge in [-0.15, -0.1) is 0 Å². The van der Waals surface area contributed by atoms with Gasteiger partial charge in [0.25, 0.3) is 5.69 Å². The zero-order valence-electron chi connectivity index (χ0n) is 8.29. The molecule has 2 rings (SSSR count). The van der Waals surface area contributed by atoms with Crippen LogP contribution < -0.4 is 6.15 Å². The Morgan fingerprint density at radius 1 is 1.07 bits per heavy atom. The third-order valence-corrected chi connectivity index (χ3v) is 2.05. The summed E-state index contributed by atoms with van der Waals surface area (Å²) in [4.78, 5) is 0.197. The van der Waals surface area contributed by atoms with E-state index in [-0.39, 0.29) is 11.0 Å². The fourth-order valence-electron chi connectivity index (χ4n) is 1.42. The van der Waals surface area contributed by atoms with Gasteiger partial charge >= 0.3 is 0 Å². The fraction of sp³-hybridized carbons (Fsp3) is 0. The Labute approximate surface area is 86.4 Å². The summed E-state index contributed by atoms with van der Waals surface area (Å²) < 4.78 is 0. The first-order valence-corrected chi connectivity index (χ1v) is 4.13. The van der Waals surface area contributed by atoms with Crippen LogP contribution in [0, 0.1) is 5.21 Å². The molecule has 0 fully saturated rings. The third kappa shape index (κ3) is 1.87. The minimum Gasteiger partial charge on any atom is -0.592 e. The Morgan fingerprint density at radius 3 is 2.47 bits per heavy atom. The molecule has 0 spiro atoms. The molecule has 2 aromatic rings. The van der Waals surface area contributed by atoms with Crippen LogP contribution >= 0.6 is 0 Å². The lowest BCUT2D eigenvalue weighted by atomic mass is 10.1. The van der Waals surface area contributed by atoms with Gasteiger partial charge in [-0.3, -0.25) is 0 Å². The highest BCUT2D eigenvalue weighted by Crippen LogP contribution is 2.24. The first-order valence-electron chi connectivity index (χ1n) is 4.13. The van der Waals surface area contributed by atoms with Gasteiger partial charge in [-0.05, 0) is 16.3 Å². The van der Waals surface area contributed by atoms with Crippen LogP contribution in [0.1, 0.15) is 0 Å². The highest BCUT2D eigenvalue weighted by molar-refractivity contribution is 5.90. The van der Waals surface area contributed by atoms with Crippen molar-refractivity contribution >= 4 is 16.5 Å². The molecular formula is C10H12N3O2+. The van der Waals surface area contributed by atoms with Crippen molar-refractivity contribution in [2.45, 2.75) is 0 Å². The molecule has 0 aliphatic heterocycles. The van der Waals surface area contributed by atoms with Crippen LogP contribution in [-0.4, -0.2) is 10.1 Å². The van der Waals surface area contributed by atoms with Crippen LogP contribution in [0.15, 0.2) is 47.7 Å². The molecule has 0 amide bonds. The quantitative estimate of drug-likeness (QED) is 0.425. The maximum atomic E-state index is 11.1. The molecule has 0 unspecified atom stereocenters. The van der Waals surface area contributed by atoms with Crippen molar-refractivity contribution in [1.82, 2.24) is 6.15 Å². The van der Waals surface area contributed by atoms with Crippen molar-refractivity contribution in [3.8, 4) is 0 Å². The predicted octanol–water partition coefficient (Wildman–Crippen LogP) is 3.20. The number of hydrogen-bond acceptors (Lipinski definition) is 2. The molecule has 0 aliphatic rings. The van der Waals surface area contributed by atoms with Crippen LogP contribution in [0.2, 0.25) is 0 Å². The summed E-state index contributed by atoms with van der Waals surface area (Å²) in [5.41, 5.74) is 0.339. The first kappa shape index (κ1) is 10.9. The SMILES string of the molecule is [NH4+].[O-]/[N+](=N/O)c1cccc2ccccc12. The first-order chi connectivity index (χ1) is 6.83. The standard InChI is InChI=1S/C10H8N2O2.H3N/c13-11-12(14)10-7-3-5-8-4-1-2-6-9(8)10;/h1-7,13H;1H3/p+1/b12-11+;. The van der Waals surface area contributed by atoms with E-state index in [9.17, 15) is 5.21 Å². The summed E-state index contributed by atoms with van der Waals surface area (Å²) >= 11 is 0. The van der Waals surface area contributed by atoms with Gasteiger partial charge in [0.05, 0.1) is 5.39 Å². The smallest absolute Gasteiger partial charge is 0.256 e. The average Bonchev–Trinajstić information content (AvgIpc) is 2.27. The Kier molecular flexibility index (Phi) is 3.20.